The molecule has 1 aromatic rings. The lowest BCUT2D eigenvalue weighted by atomic mass is 10.2. The topological polar surface area (TPSA) is 95.9 Å². The lowest BCUT2D eigenvalue weighted by molar-refractivity contribution is 0.131. The summed E-state index contributed by atoms with van der Waals surface area (Å²) in [5.74, 6) is 0. The number of hydrogen-bond acceptors (Lipinski definition) is 3. The van der Waals surface area contributed by atoms with Crippen LogP contribution in [0.2, 0.25) is 0 Å². The SMILES string of the molecule is CC[C@](C)(NC(=O)OCc1ccccc1)P(=O)(O)O. The van der Waals surface area contributed by atoms with Gasteiger partial charge in [-0.15, -0.1) is 0 Å². The van der Waals surface area contributed by atoms with Gasteiger partial charge in [0.1, 0.15) is 11.9 Å². The third-order valence-corrected chi connectivity index (χ3v) is 4.63. The molecule has 0 aromatic heterocycles. The van der Waals surface area contributed by atoms with E-state index in [1.807, 2.05) is 18.2 Å². The van der Waals surface area contributed by atoms with E-state index in [2.05, 4.69) is 5.32 Å². The van der Waals surface area contributed by atoms with E-state index in [9.17, 15) is 19.1 Å². The van der Waals surface area contributed by atoms with Gasteiger partial charge in [0, 0.05) is 0 Å². The van der Waals surface area contributed by atoms with Gasteiger partial charge in [-0.25, -0.2) is 4.79 Å². The van der Waals surface area contributed by atoms with Crippen LogP contribution in [0.3, 0.4) is 0 Å². The fraction of sp³-hybridized carbons (Fsp3) is 0.417. The van der Waals surface area contributed by atoms with Crippen LogP contribution in [-0.4, -0.2) is 21.2 Å². The molecule has 0 unspecified atom stereocenters. The average molecular weight is 287 g/mol. The summed E-state index contributed by atoms with van der Waals surface area (Å²) in [5, 5.41) is 0.619. The van der Waals surface area contributed by atoms with E-state index in [4.69, 9.17) is 4.74 Å². The number of ether oxygens (including phenoxy) is 1. The number of benzene rings is 1. The highest BCUT2D eigenvalue weighted by Crippen LogP contribution is 2.50. The van der Waals surface area contributed by atoms with E-state index < -0.39 is 19.0 Å². The summed E-state index contributed by atoms with van der Waals surface area (Å²) >= 11 is 0. The van der Waals surface area contributed by atoms with Crippen molar-refractivity contribution in [3.05, 3.63) is 35.9 Å². The molecule has 1 rings (SSSR count). The number of nitrogens with one attached hydrogen (secondary N) is 1. The van der Waals surface area contributed by atoms with Gasteiger partial charge in [0.05, 0.1) is 0 Å². The molecular formula is C12H18NO5P. The highest BCUT2D eigenvalue weighted by molar-refractivity contribution is 7.53. The largest absolute Gasteiger partial charge is 0.445 e. The quantitative estimate of drug-likeness (QED) is 0.722. The Labute approximate surface area is 111 Å². The van der Waals surface area contributed by atoms with Crippen molar-refractivity contribution in [2.24, 2.45) is 0 Å². The second-order valence-electron chi connectivity index (χ2n) is 4.36. The van der Waals surface area contributed by atoms with E-state index in [0.29, 0.717) is 0 Å². The van der Waals surface area contributed by atoms with E-state index in [1.165, 1.54) is 6.92 Å². The van der Waals surface area contributed by atoms with Crippen LogP contribution < -0.4 is 5.32 Å². The number of hydrogen-bond donors (Lipinski definition) is 3. The first-order valence-corrected chi connectivity index (χ1v) is 7.44. The molecule has 3 N–H and O–H groups in total. The van der Waals surface area contributed by atoms with Crippen LogP contribution in [0.25, 0.3) is 0 Å². The molecular weight excluding hydrogens is 269 g/mol. The summed E-state index contributed by atoms with van der Waals surface area (Å²) in [6, 6.07) is 9.03. The standard InChI is InChI=1S/C12H18NO5P/c1-3-12(2,19(15,16)17)13-11(14)18-9-10-7-5-4-6-8-10/h4-8H,3,9H2,1-2H3,(H,13,14)(H2,15,16,17)/t12-/m1/s1. The van der Waals surface area contributed by atoms with Crippen molar-refractivity contribution in [3.8, 4) is 0 Å². The highest BCUT2D eigenvalue weighted by Gasteiger charge is 2.42. The molecule has 0 fully saturated rings. The summed E-state index contributed by atoms with van der Waals surface area (Å²) in [4.78, 5) is 30.0. The third kappa shape index (κ3) is 4.35. The summed E-state index contributed by atoms with van der Waals surface area (Å²) in [6.07, 6.45) is -0.755. The molecule has 0 aliphatic rings. The molecule has 0 saturated heterocycles. The number of amides is 1. The lowest BCUT2D eigenvalue weighted by Crippen LogP contribution is -2.45. The van der Waals surface area contributed by atoms with Crippen LogP contribution in [0, 0.1) is 0 Å². The lowest BCUT2D eigenvalue weighted by Gasteiger charge is -2.29. The van der Waals surface area contributed by atoms with Gasteiger partial charge in [-0.2, -0.15) is 0 Å². The molecule has 1 aromatic carbocycles. The maximum Gasteiger partial charge on any atom is 0.408 e. The minimum absolute atomic E-state index is 0.0492. The summed E-state index contributed by atoms with van der Waals surface area (Å²) in [6.45, 7) is 2.92. The molecule has 19 heavy (non-hydrogen) atoms. The smallest absolute Gasteiger partial charge is 0.408 e. The van der Waals surface area contributed by atoms with E-state index in [-0.39, 0.29) is 13.0 Å². The molecule has 0 heterocycles. The molecule has 0 radical (unpaired) electrons. The Kier molecular flexibility index (Phi) is 5.11. The van der Waals surface area contributed by atoms with Gasteiger partial charge in [-0.3, -0.25) is 4.57 Å². The fourth-order valence-corrected chi connectivity index (χ4v) is 2.00. The fourth-order valence-electron chi connectivity index (χ4n) is 1.35. The summed E-state index contributed by atoms with van der Waals surface area (Å²) in [5.41, 5.74) is 0.798. The number of alkyl carbamates (subject to hydrolysis) is 1. The molecule has 6 nitrogen and oxygen atoms in total. The number of carbonyl (C=O) groups is 1. The molecule has 0 aliphatic carbocycles. The third-order valence-electron chi connectivity index (χ3n) is 2.92. The summed E-state index contributed by atoms with van der Waals surface area (Å²) < 4.78 is 16.2. The summed E-state index contributed by atoms with van der Waals surface area (Å²) in [7, 11) is -4.45. The molecule has 0 saturated carbocycles. The van der Waals surface area contributed by atoms with Crippen LogP contribution in [-0.2, 0) is 15.9 Å². The predicted molar refractivity (Wildman–Crippen MR) is 70.5 cm³/mol. The Morgan fingerprint density at radius 2 is 1.95 bits per heavy atom. The maximum atomic E-state index is 11.6. The average Bonchev–Trinajstić information content (AvgIpc) is 2.36. The minimum Gasteiger partial charge on any atom is -0.445 e. The van der Waals surface area contributed by atoms with Crippen LogP contribution in [0.4, 0.5) is 4.79 Å². The highest BCUT2D eigenvalue weighted by atomic mass is 31.2. The number of carbonyl (C=O) groups excluding carboxylic acids is 1. The van der Waals surface area contributed by atoms with Crippen molar-refractivity contribution in [3.63, 3.8) is 0 Å². The maximum absolute atomic E-state index is 11.6. The number of rotatable bonds is 5. The van der Waals surface area contributed by atoms with Crippen molar-refractivity contribution in [1.82, 2.24) is 5.32 Å². The van der Waals surface area contributed by atoms with Gasteiger partial charge in [0.15, 0.2) is 0 Å². The molecule has 0 aliphatic heterocycles. The first kappa shape index (κ1) is 15.7. The van der Waals surface area contributed by atoms with Gasteiger partial charge in [-0.1, -0.05) is 37.3 Å². The minimum atomic E-state index is -4.45. The molecule has 1 amide bonds. The molecule has 1 atom stereocenters. The first-order chi connectivity index (χ1) is 8.78. The Balaban J connectivity index is 2.58. The molecule has 106 valence electrons. The van der Waals surface area contributed by atoms with Gasteiger partial charge in [-0.05, 0) is 18.9 Å². The van der Waals surface area contributed by atoms with Crippen molar-refractivity contribution in [2.75, 3.05) is 0 Å². The van der Waals surface area contributed by atoms with Gasteiger partial charge >= 0.3 is 13.7 Å². The Hall–Kier alpha value is -1.36. The monoisotopic (exact) mass is 287 g/mol. The van der Waals surface area contributed by atoms with Gasteiger partial charge in [0.2, 0.25) is 0 Å². The van der Waals surface area contributed by atoms with Crippen LogP contribution in [0.5, 0.6) is 0 Å². The predicted octanol–water partition coefficient (Wildman–Crippen LogP) is 2.22. The Morgan fingerprint density at radius 1 is 1.37 bits per heavy atom. The Bertz CT molecular complexity index is 472. The van der Waals surface area contributed by atoms with Gasteiger partial charge in [0.25, 0.3) is 0 Å². The zero-order chi connectivity index (χ0) is 14.5. The zero-order valence-corrected chi connectivity index (χ0v) is 11.8. The second kappa shape index (κ2) is 6.19. The van der Waals surface area contributed by atoms with Gasteiger partial charge < -0.3 is 19.8 Å². The van der Waals surface area contributed by atoms with E-state index >= 15 is 0 Å². The van der Waals surface area contributed by atoms with Crippen LogP contribution >= 0.6 is 7.60 Å². The van der Waals surface area contributed by atoms with E-state index in [0.717, 1.165) is 5.56 Å². The molecule has 0 bridgehead atoms. The van der Waals surface area contributed by atoms with Crippen LogP contribution in [0.1, 0.15) is 25.8 Å². The normalized spacial score (nSPS) is 14.5. The van der Waals surface area contributed by atoms with E-state index in [1.54, 1.807) is 19.1 Å². The molecule has 0 spiro atoms. The van der Waals surface area contributed by atoms with Crippen molar-refractivity contribution in [2.45, 2.75) is 32.2 Å². The van der Waals surface area contributed by atoms with Crippen molar-refractivity contribution < 1.29 is 23.9 Å². The van der Waals surface area contributed by atoms with Crippen molar-refractivity contribution in [1.29, 1.82) is 0 Å². The molecule has 7 heteroatoms. The van der Waals surface area contributed by atoms with Crippen molar-refractivity contribution >= 4 is 13.7 Å². The Morgan fingerprint density at radius 3 is 2.42 bits per heavy atom. The van der Waals surface area contributed by atoms with Crippen LogP contribution in [0.15, 0.2) is 30.3 Å². The first-order valence-electron chi connectivity index (χ1n) is 5.83. The second-order valence-corrected chi connectivity index (χ2v) is 6.43. The zero-order valence-electron chi connectivity index (χ0n) is 10.9.